The van der Waals surface area contributed by atoms with E-state index >= 15 is 0 Å². The molecule has 0 spiro atoms. The average molecular weight is 483 g/mol. The van der Waals surface area contributed by atoms with Crippen LogP contribution in [0.1, 0.15) is 23.2 Å². The van der Waals surface area contributed by atoms with Crippen LogP contribution in [0.2, 0.25) is 10.0 Å². The predicted molar refractivity (Wildman–Crippen MR) is 116 cm³/mol. The number of halogens is 2. The third kappa shape index (κ3) is 5.00. The fraction of sp³-hybridized carbons (Fsp3) is 0.286. The Balaban J connectivity index is 1.79. The first-order valence-electron chi connectivity index (χ1n) is 9.33. The molecule has 0 saturated carbocycles. The molecule has 11 heteroatoms. The normalized spacial score (nSPS) is 10.6. The van der Waals surface area contributed by atoms with Gasteiger partial charge in [-0.05, 0) is 31.2 Å². The van der Waals surface area contributed by atoms with E-state index in [1.807, 2.05) is 0 Å². The molecule has 0 atom stereocenters. The van der Waals surface area contributed by atoms with Gasteiger partial charge >= 0.3 is 5.97 Å². The zero-order valence-electron chi connectivity index (χ0n) is 17.7. The topological polar surface area (TPSA) is 102 Å². The van der Waals surface area contributed by atoms with Crippen LogP contribution in [-0.4, -0.2) is 44.1 Å². The maximum absolute atomic E-state index is 11.9. The fourth-order valence-corrected chi connectivity index (χ4v) is 3.39. The standard InChI is InChI=1S/C21H20Cl2N2O7/c1-5-30-21(26)12-6-13(22)18(14(23)7-12)31-10-17-24-25-20(32-17)11-8-15(27-2)19(29-4)16(9-11)28-3/h6-9H,5,10H2,1-4H3. The summed E-state index contributed by atoms with van der Waals surface area (Å²) in [7, 11) is 4.53. The molecule has 2 aromatic carbocycles. The molecule has 0 saturated heterocycles. The van der Waals surface area contributed by atoms with E-state index in [1.54, 1.807) is 19.1 Å². The zero-order valence-corrected chi connectivity index (χ0v) is 19.2. The van der Waals surface area contributed by atoms with Crippen molar-refractivity contribution in [3.63, 3.8) is 0 Å². The number of ether oxygens (including phenoxy) is 5. The van der Waals surface area contributed by atoms with E-state index in [0.29, 0.717) is 22.8 Å². The van der Waals surface area contributed by atoms with Crippen molar-refractivity contribution in [1.29, 1.82) is 0 Å². The lowest BCUT2D eigenvalue weighted by atomic mass is 10.2. The Kier molecular flexibility index (Phi) is 7.66. The van der Waals surface area contributed by atoms with Gasteiger partial charge in [0.25, 0.3) is 5.89 Å². The molecule has 0 N–H and O–H groups in total. The van der Waals surface area contributed by atoms with E-state index in [2.05, 4.69) is 10.2 Å². The summed E-state index contributed by atoms with van der Waals surface area (Å²) in [6.45, 7) is 1.84. The van der Waals surface area contributed by atoms with Gasteiger partial charge < -0.3 is 28.1 Å². The first kappa shape index (κ1) is 23.5. The Morgan fingerprint density at radius 1 is 0.938 bits per heavy atom. The first-order chi connectivity index (χ1) is 15.4. The monoisotopic (exact) mass is 482 g/mol. The number of rotatable bonds is 9. The molecule has 170 valence electrons. The highest BCUT2D eigenvalue weighted by molar-refractivity contribution is 6.37. The number of aromatic nitrogens is 2. The molecule has 0 aliphatic heterocycles. The molecule has 32 heavy (non-hydrogen) atoms. The number of esters is 1. The van der Waals surface area contributed by atoms with E-state index < -0.39 is 5.97 Å². The SMILES string of the molecule is CCOC(=O)c1cc(Cl)c(OCc2nnc(-c3cc(OC)c(OC)c(OC)c3)o2)c(Cl)c1. The third-order valence-electron chi connectivity index (χ3n) is 4.23. The molecule has 0 radical (unpaired) electrons. The molecule has 0 aliphatic rings. The largest absolute Gasteiger partial charge is 0.493 e. The summed E-state index contributed by atoms with van der Waals surface area (Å²) in [4.78, 5) is 11.9. The summed E-state index contributed by atoms with van der Waals surface area (Å²) in [5, 5.41) is 8.29. The second kappa shape index (κ2) is 10.4. The number of nitrogens with zero attached hydrogens (tertiary/aromatic N) is 2. The van der Waals surface area contributed by atoms with E-state index in [0.717, 1.165) is 0 Å². The highest BCUT2D eigenvalue weighted by atomic mass is 35.5. The van der Waals surface area contributed by atoms with Crippen LogP contribution in [-0.2, 0) is 11.3 Å². The molecular weight excluding hydrogens is 463 g/mol. The molecule has 0 bridgehead atoms. The van der Waals surface area contributed by atoms with E-state index in [1.165, 1.54) is 33.5 Å². The van der Waals surface area contributed by atoms with E-state index in [-0.39, 0.29) is 46.4 Å². The zero-order chi connectivity index (χ0) is 23.3. The first-order valence-corrected chi connectivity index (χ1v) is 10.1. The van der Waals surface area contributed by atoms with E-state index in [9.17, 15) is 4.79 Å². The summed E-state index contributed by atoms with van der Waals surface area (Å²) in [5.41, 5.74) is 0.782. The van der Waals surface area contributed by atoms with Crippen molar-refractivity contribution in [2.75, 3.05) is 27.9 Å². The molecule has 0 amide bonds. The molecule has 1 heterocycles. The van der Waals surface area contributed by atoms with Crippen molar-refractivity contribution in [3.8, 4) is 34.5 Å². The summed E-state index contributed by atoms with van der Waals surface area (Å²) >= 11 is 12.4. The third-order valence-corrected chi connectivity index (χ3v) is 4.79. The fourth-order valence-electron chi connectivity index (χ4n) is 2.80. The van der Waals surface area contributed by atoms with Crippen molar-refractivity contribution in [1.82, 2.24) is 10.2 Å². The minimum Gasteiger partial charge on any atom is -0.493 e. The van der Waals surface area contributed by atoms with E-state index in [4.69, 9.17) is 51.3 Å². The van der Waals surface area contributed by atoms with Gasteiger partial charge in [0.15, 0.2) is 23.9 Å². The predicted octanol–water partition coefficient (Wildman–Crippen LogP) is 4.82. The Bertz CT molecular complexity index is 1070. The minimum absolute atomic E-state index is 0.102. The molecular formula is C21H20Cl2N2O7. The average Bonchev–Trinajstić information content (AvgIpc) is 3.26. The van der Waals surface area contributed by atoms with Crippen LogP contribution in [0.4, 0.5) is 0 Å². The van der Waals surface area contributed by atoms with Gasteiger partial charge in [-0.3, -0.25) is 0 Å². The van der Waals surface area contributed by atoms with Gasteiger partial charge in [-0.2, -0.15) is 0 Å². The lowest BCUT2D eigenvalue weighted by Crippen LogP contribution is -2.05. The van der Waals surface area contributed by atoms with Gasteiger partial charge in [-0.1, -0.05) is 23.2 Å². The number of hydrogen-bond donors (Lipinski definition) is 0. The minimum atomic E-state index is -0.533. The van der Waals surface area contributed by atoms with Crippen LogP contribution in [0.3, 0.4) is 0 Å². The number of carbonyl (C=O) groups is 1. The van der Waals surface area contributed by atoms with Crippen LogP contribution in [0, 0.1) is 0 Å². The Morgan fingerprint density at radius 2 is 1.56 bits per heavy atom. The van der Waals surface area contributed by atoms with Crippen molar-refractivity contribution < 1.29 is 32.9 Å². The highest BCUT2D eigenvalue weighted by Crippen LogP contribution is 2.41. The quantitative estimate of drug-likeness (QED) is 0.396. The van der Waals surface area contributed by atoms with Gasteiger partial charge in [0, 0.05) is 5.56 Å². The van der Waals surface area contributed by atoms with Crippen LogP contribution < -0.4 is 18.9 Å². The van der Waals surface area contributed by atoms with Crippen LogP contribution in [0.15, 0.2) is 28.7 Å². The molecule has 1 aromatic heterocycles. The Morgan fingerprint density at radius 3 is 2.09 bits per heavy atom. The molecule has 3 aromatic rings. The highest BCUT2D eigenvalue weighted by Gasteiger charge is 2.19. The summed E-state index contributed by atoms with van der Waals surface area (Å²) in [6, 6.07) is 6.19. The molecule has 0 unspecified atom stereocenters. The second-order valence-corrected chi connectivity index (χ2v) is 7.01. The van der Waals surface area contributed by atoms with Gasteiger partial charge in [0.2, 0.25) is 11.6 Å². The van der Waals surface area contributed by atoms with Crippen LogP contribution in [0.5, 0.6) is 23.0 Å². The summed E-state index contributed by atoms with van der Waals surface area (Å²) in [6.07, 6.45) is 0. The second-order valence-electron chi connectivity index (χ2n) is 6.19. The maximum atomic E-state index is 11.9. The summed E-state index contributed by atoms with van der Waals surface area (Å²) in [5.74, 6) is 1.37. The van der Waals surface area contributed by atoms with Gasteiger partial charge in [0.05, 0.1) is 43.5 Å². The van der Waals surface area contributed by atoms with Gasteiger partial charge in [0.1, 0.15) is 0 Å². The van der Waals surface area contributed by atoms with Crippen molar-refractivity contribution in [2.24, 2.45) is 0 Å². The van der Waals surface area contributed by atoms with Crippen molar-refractivity contribution in [3.05, 3.63) is 45.8 Å². The molecule has 0 aliphatic carbocycles. The van der Waals surface area contributed by atoms with Crippen molar-refractivity contribution in [2.45, 2.75) is 13.5 Å². The number of hydrogen-bond acceptors (Lipinski definition) is 9. The molecule has 0 fully saturated rings. The molecule has 9 nitrogen and oxygen atoms in total. The van der Waals surface area contributed by atoms with Gasteiger partial charge in [-0.25, -0.2) is 4.79 Å². The van der Waals surface area contributed by atoms with Crippen molar-refractivity contribution >= 4 is 29.2 Å². The van der Waals surface area contributed by atoms with Gasteiger partial charge in [-0.15, -0.1) is 10.2 Å². The smallest absolute Gasteiger partial charge is 0.338 e. The summed E-state index contributed by atoms with van der Waals surface area (Å²) < 4.78 is 32.3. The number of benzene rings is 2. The Labute approximate surface area is 194 Å². The number of carbonyl (C=O) groups excluding carboxylic acids is 1. The Hall–Kier alpha value is -3.17. The number of methoxy groups -OCH3 is 3. The molecule has 3 rings (SSSR count). The van der Waals surface area contributed by atoms with Crippen LogP contribution in [0.25, 0.3) is 11.5 Å². The lowest BCUT2D eigenvalue weighted by molar-refractivity contribution is 0.0526. The lowest BCUT2D eigenvalue weighted by Gasteiger charge is -2.12. The van der Waals surface area contributed by atoms with Crippen LogP contribution >= 0.6 is 23.2 Å². The maximum Gasteiger partial charge on any atom is 0.338 e.